The van der Waals surface area contributed by atoms with Crippen LogP contribution in [-0.2, 0) is 6.54 Å². The summed E-state index contributed by atoms with van der Waals surface area (Å²) < 4.78 is 1.99. The lowest BCUT2D eigenvalue weighted by molar-refractivity contribution is 0.597. The molecule has 0 amide bonds. The number of nitrogens with zero attached hydrogens (tertiary/aromatic N) is 3. The van der Waals surface area contributed by atoms with Gasteiger partial charge in [0.15, 0.2) is 0 Å². The average Bonchev–Trinajstić information content (AvgIpc) is 2.71. The third-order valence-electron chi connectivity index (χ3n) is 2.39. The highest BCUT2D eigenvalue weighted by atomic mass is 15.0. The summed E-state index contributed by atoms with van der Waals surface area (Å²) in [5.41, 5.74) is 1.95. The zero-order chi connectivity index (χ0) is 11.4. The van der Waals surface area contributed by atoms with E-state index in [2.05, 4.69) is 16.4 Å². The third-order valence-corrected chi connectivity index (χ3v) is 2.39. The van der Waals surface area contributed by atoms with Crippen LogP contribution in [0.4, 0.5) is 0 Å². The molecule has 2 aromatic rings. The van der Waals surface area contributed by atoms with Gasteiger partial charge >= 0.3 is 0 Å². The second-order valence-electron chi connectivity index (χ2n) is 3.86. The first-order chi connectivity index (χ1) is 7.79. The van der Waals surface area contributed by atoms with Crippen molar-refractivity contribution in [3.8, 4) is 6.07 Å². The van der Waals surface area contributed by atoms with Crippen molar-refractivity contribution in [2.75, 3.05) is 6.54 Å². The zero-order valence-corrected chi connectivity index (χ0v) is 9.22. The van der Waals surface area contributed by atoms with E-state index in [9.17, 15) is 0 Å². The van der Waals surface area contributed by atoms with Gasteiger partial charge in [-0.05, 0) is 19.1 Å². The van der Waals surface area contributed by atoms with Gasteiger partial charge in [-0.2, -0.15) is 5.26 Å². The van der Waals surface area contributed by atoms with Crippen LogP contribution in [0.2, 0.25) is 0 Å². The number of nitriles is 1. The van der Waals surface area contributed by atoms with Gasteiger partial charge in [-0.3, -0.25) is 0 Å². The minimum Gasteiger partial charge on any atom is -0.310 e. The number of hydrogen-bond donors (Lipinski definition) is 1. The quantitative estimate of drug-likeness (QED) is 0.840. The van der Waals surface area contributed by atoms with Gasteiger partial charge in [-0.1, -0.05) is 6.07 Å². The molecule has 4 nitrogen and oxygen atoms in total. The van der Waals surface area contributed by atoms with E-state index in [0.29, 0.717) is 13.1 Å². The van der Waals surface area contributed by atoms with E-state index in [0.717, 1.165) is 11.3 Å². The van der Waals surface area contributed by atoms with Crippen LogP contribution in [0, 0.1) is 17.2 Å². The molecule has 0 saturated heterocycles. The second-order valence-corrected chi connectivity index (χ2v) is 3.86. The lowest BCUT2D eigenvalue weighted by Crippen LogP contribution is -2.19. The Balaban J connectivity index is 1.97. The van der Waals surface area contributed by atoms with Crippen molar-refractivity contribution in [2.24, 2.45) is 5.92 Å². The van der Waals surface area contributed by atoms with Crippen molar-refractivity contribution in [1.82, 2.24) is 14.7 Å². The highest BCUT2D eigenvalue weighted by Crippen LogP contribution is 2.04. The molecule has 0 aromatic carbocycles. The van der Waals surface area contributed by atoms with Gasteiger partial charge in [-0.25, -0.2) is 4.98 Å². The lowest BCUT2D eigenvalue weighted by Gasteiger charge is -2.02. The van der Waals surface area contributed by atoms with Crippen molar-refractivity contribution in [1.29, 1.82) is 5.26 Å². The fraction of sp³-hybridized carbons (Fsp3) is 0.333. The van der Waals surface area contributed by atoms with Crippen LogP contribution in [0.25, 0.3) is 5.65 Å². The van der Waals surface area contributed by atoms with Crippen LogP contribution < -0.4 is 5.32 Å². The Morgan fingerprint density at radius 3 is 3.19 bits per heavy atom. The van der Waals surface area contributed by atoms with E-state index in [1.807, 2.05) is 41.9 Å². The lowest BCUT2D eigenvalue weighted by atomic mass is 10.2. The van der Waals surface area contributed by atoms with Crippen molar-refractivity contribution in [2.45, 2.75) is 13.5 Å². The van der Waals surface area contributed by atoms with Gasteiger partial charge in [-0.15, -0.1) is 0 Å². The summed E-state index contributed by atoms with van der Waals surface area (Å²) in [5.74, 6) is 0.0389. The van der Waals surface area contributed by atoms with Crippen LogP contribution in [-0.4, -0.2) is 15.9 Å². The monoisotopic (exact) mass is 214 g/mol. The average molecular weight is 214 g/mol. The molecule has 2 aromatic heterocycles. The normalized spacial score (nSPS) is 12.5. The second kappa shape index (κ2) is 4.77. The van der Waals surface area contributed by atoms with Crippen LogP contribution in [0.3, 0.4) is 0 Å². The summed E-state index contributed by atoms with van der Waals surface area (Å²) in [6.45, 7) is 3.30. The summed E-state index contributed by atoms with van der Waals surface area (Å²) in [5, 5.41) is 11.9. The van der Waals surface area contributed by atoms with Gasteiger partial charge in [0, 0.05) is 25.5 Å². The van der Waals surface area contributed by atoms with Gasteiger partial charge in [0.1, 0.15) is 5.65 Å². The molecule has 82 valence electrons. The van der Waals surface area contributed by atoms with Crippen molar-refractivity contribution in [3.63, 3.8) is 0 Å². The van der Waals surface area contributed by atoms with Crippen LogP contribution in [0.5, 0.6) is 0 Å². The Kier molecular flexibility index (Phi) is 3.18. The molecule has 0 saturated carbocycles. The number of hydrogen-bond acceptors (Lipinski definition) is 3. The minimum absolute atomic E-state index is 0.0389. The fourth-order valence-corrected chi connectivity index (χ4v) is 1.53. The topological polar surface area (TPSA) is 53.1 Å². The van der Waals surface area contributed by atoms with E-state index in [-0.39, 0.29) is 5.92 Å². The van der Waals surface area contributed by atoms with Gasteiger partial charge in [0.05, 0.1) is 17.7 Å². The molecule has 0 radical (unpaired) electrons. The van der Waals surface area contributed by atoms with Crippen molar-refractivity contribution in [3.05, 3.63) is 36.3 Å². The number of fused-ring (bicyclic) bond motifs is 1. The molecule has 16 heavy (non-hydrogen) atoms. The number of nitrogens with one attached hydrogen (secondary N) is 1. The van der Waals surface area contributed by atoms with Gasteiger partial charge in [0.2, 0.25) is 0 Å². The molecule has 2 heterocycles. The first-order valence-corrected chi connectivity index (χ1v) is 5.32. The summed E-state index contributed by atoms with van der Waals surface area (Å²) in [6.07, 6.45) is 3.98. The standard InChI is InChI=1S/C12H14N4/c1-10(6-13)7-14-8-11-9-16-5-3-2-4-12(16)15-11/h2-5,9-10,14H,7-8H2,1H3. The summed E-state index contributed by atoms with van der Waals surface area (Å²) in [4.78, 5) is 4.45. The fourth-order valence-electron chi connectivity index (χ4n) is 1.53. The maximum absolute atomic E-state index is 8.64. The molecule has 1 atom stereocenters. The van der Waals surface area contributed by atoms with E-state index in [1.165, 1.54) is 0 Å². The third kappa shape index (κ3) is 2.38. The largest absolute Gasteiger partial charge is 0.310 e. The molecule has 2 rings (SSSR count). The SMILES string of the molecule is CC(C#N)CNCc1cn2ccccc2n1. The van der Waals surface area contributed by atoms with Crippen molar-refractivity contribution < 1.29 is 0 Å². The predicted molar refractivity (Wildman–Crippen MR) is 61.7 cm³/mol. The Hall–Kier alpha value is -1.86. The zero-order valence-electron chi connectivity index (χ0n) is 9.22. The van der Waals surface area contributed by atoms with E-state index >= 15 is 0 Å². The van der Waals surface area contributed by atoms with E-state index in [1.54, 1.807) is 0 Å². The molecule has 1 unspecified atom stereocenters. The molecule has 0 fully saturated rings. The Morgan fingerprint density at radius 2 is 2.44 bits per heavy atom. The summed E-state index contributed by atoms with van der Waals surface area (Å²) in [7, 11) is 0. The molecule has 0 spiro atoms. The van der Waals surface area contributed by atoms with E-state index in [4.69, 9.17) is 5.26 Å². The maximum atomic E-state index is 8.64. The first kappa shape index (κ1) is 10.7. The molecule has 1 N–H and O–H groups in total. The molecule has 0 aliphatic rings. The Bertz CT molecular complexity index is 476. The smallest absolute Gasteiger partial charge is 0.137 e. The van der Waals surface area contributed by atoms with Crippen LogP contribution >= 0.6 is 0 Å². The number of imidazole rings is 1. The Labute approximate surface area is 94.5 Å². The molecule has 0 aliphatic heterocycles. The highest BCUT2D eigenvalue weighted by Gasteiger charge is 2.02. The van der Waals surface area contributed by atoms with E-state index < -0.39 is 0 Å². The summed E-state index contributed by atoms with van der Waals surface area (Å²) >= 11 is 0. The van der Waals surface area contributed by atoms with Gasteiger partial charge in [0.25, 0.3) is 0 Å². The number of pyridine rings is 1. The van der Waals surface area contributed by atoms with Crippen molar-refractivity contribution >= 4 is 5.65 Å². The van der Waals surface area contributed by atoms with Crippen LogP contribution in [0.15, 0.2) is 30.6 Å². The molecule has 0 aliphatic carbocycles. The molecular weight excluding hydrogens is 200 g/mol. The molecule has 0 bridgehead atoms. The maximum Gasteiger partial charge on any atom is 0.137 e. The molecule has 4 heteroatoms. The Morgan fingerprint density at radius 1 is 1.56 bits per heavy atom. The number of rotatable bonds is 4. The number of aromatic nitrogens is 2. The van der Waals surface area contributed by atoms with Crippen LogP contribution in [0.1, 0.15) is 12.6 Å². The predicted octanol–water partition coefficient (Wildman–Crippen LogP) is 1.58. The molecular formula is C12H14N4. The van der Waals surface area contributed by atoms with Gasteiger partial charge < -0.3 is 9.72 Å². The first-order valence-electron chi connectivity index (χ1n) is 5.32. The minimum atomic E-state index is 0.0389. The highest BCUT2D eigenvalue weighted by molar-refractivity contribution is 5.39. The summed E-state index contributed by atoms with van der Waals surface area (Å²) in [6, 6.07) is 8.11.